The van der Waals surface area contributed by atoms with Crippen molar-refractivity contribution in [1.82, 2.24) is 14.8 Å². The predicted octanol–water partition coefficient (Wildman–Crippen LogP) is 3.82. The number of benzene rings is 2. The van der Waals surface area contributed by atoms with Crippen LogP contribution in [0.5, 0.6) is 0 Å². The third kappa shape index (κ3) is 7.13. The first-order valence-corrected chi connectivity index (χ1v) is 16.0. The molecule has 1 atom stereocenters. The van der Waals surface area contributed by atoms with Crippen molar-refractivity contribution in [1.29, 1.82) is 0 Å². The third-order valence-electron chi connectivity index (χ3n) is 8.15. The van der Waals surface area contributed by atoms with Crippen LogP contribution in [0.4, 0.5) is 28.9 Å². The summed E-state index contributed by atoms with van der Waals surface area (Å²) in [5, 5.41) is 2.14. The van der Waals surface area contributed by atoms with Crippen molar-refractivity contribution in [3.8, 4) is 11.1 Å². The number of aromatic nitrogens is 1. The maximum absolute atomic E-state index is 15.2. The number of likely N-dealkylation sites (N-methyl/N-ethyl adjacent to an activating group) is 1. The van der Waals surface area contributed by atoms with E-state index >= 15 is 4.39 Å². The minimum absolute atomic E-state index is 0.191. The number of alkyl halides is 3. The van der Waals surface area contributed by atoms with Crippen LogP contribution in [0.15, 0.2) is 53.5 Å². The number of aromatic amines is 1. The van der Waals surface area contributed by atoms with Gasteiger partial charge in [-0.3, -0.25) is 14.5 Å². The SMILES string of the molecule is CN1CCN(c2ccc(-c3cc(CN4CC[C@@H](S(C)(=O)=O)C4)ccc3F)cc2NC(=O)c2c[nH]c(=O)cc2C(F)(F)F)CC1. The molecule has 0 aliphatic carbocycles. The number of hydrogen-bond acceptors (Lipinski definition) is 7. The summed E-state index contributed by atoms with van der Waals surface area (Å²) < 4.78 is 80.3. The normalized spacial score (nSPS) is 18.5. The number of carbonyl (C=O) groups excluding carboxylic acids is 1. The van der Waals surface area contributed by atoms with Crippen LogP contribution in [0, 0.1) is 5.82 Å². The zero-order chi connectivity index (χ0) is 31.8. The Balaban J connectivity index is 1.49. The Labute approximate surface area is 252 Å². The van der Waals surface area contributed by atoms with Crippen LogP contribution >= 0.6 is 0 Å². The number of rotatable bonds is 7. The van der Waals surface area contributed by atoms with E-state index in [0.29, 0.717) is 56.5 Å². The van der Waals surface area contributed by atoms with Gasteiger partial charge in [-0.1, -0.05) is 12.1 Å². The van der Waals surface area contributed by atoms with Gasteiger partial charge in [0.2, 0.25) is 5.56 Å². The lowest BCUT2D eigenvalue weighted by Crippen LogP contribution is -2.44. The number of nitrogens with one attached hydrogen (secondary N) is 2. The average Bonchev–Trinajstić information content (AvgIpc) is 3.43. The second-order valence-electron chi connectivity index (χ2n) is 11.4. The van der Waals surface area contributed by atoms with E-state index in [2.05, 4.69) is 15.2 Å². The molecule has 5 rings (SSSR count). The van der Waals surface area contributed by atoms with E-state index in [0.717, 1.165) is 24.8 Å². The van der Waals surface area contributed by atoms with Crippen molar-refractivity contribution in [3.05, 3.63) is 81.5 Å². The largest absolute Gasteiger partial charge is 0.417 e. The molecule has 14 heteroatoms. The second kappa shape index (κ2) is 12.3. The van der Waals surface area contributed by atoms with Crippen molar-refractivity contribution in [2.75, 3.05) is 62.8 Å². The molecule has 3 heterocycles. The molecule has 2 N–H and O–H groups in total. The quantitative estimate of drug-likeness (QED) is 0.381. The summed E-state index contributed by atoms with van der Waals surface area (Å²) in [6, 6.07) is 9.87. The van der Waals surface area contributed by atoms with Crippen LogP contribution in [-0.4, -0.2) is 86.9 Å². The Morgan fingerprint density at radius 2 is 1.77 bits per heavy atom. The lowest BCUT2D eigenvalue weighted by Gasteiger charge is -2.35. The Kier molecular flexibility index (Phi) is 8.87. The Morgan fingerprint density at radius 1 is 1.05 bits per heavy atom. The molecule has 1 amide bonds. The molecule has 2 aromatic carbocycles. The van der Waals surface area contributed by atoms with E-state index in [1.54, 1.807) is 24.3 Å². The van der Waals surface area contributed by atoms with Crippen LogP contribution in [0.2, 0.25) is 0 Å². The summed E-state index contributed by atoms with van der Waals surface area (Å²) in [6.45, 7) is 4.02. The van der Waals surface area contributed by atoms with Gasteiger partial charge in [-0.2, -0.15) is 13.2 Å². The first kappa shape index (κ1) is 31.7. The molecule has 3 aromatic rings. The molecule has 0 unspecified atom stereocenters. The lowest BCUT2D eigenvalue weighted by atomic mass is 10.00. The molecule has 9 nitrogen and oxygen atoms in total. The highest BCUT2D eigenvalue weighted by molar-refractivity contribution is 7.91. The summed E-state index contributed by atoms with van der Waals surface area (Å²) in [4.78, 5) is 33.1. The van der Waals surface area contributed by atoms with Gasteiger partial charge in [0.15, 0.2) is 9.84 Å². The highest BCUT2D eigenvalue weighted by Gasteiger charge is 2.36. The highest BCUT2D eigenvalue weighted by Crippen LogP contribution is 2.36. The van der Waals surface area contributed by atoms with Crippen molar-refractivity contribution in [2.24, 2.45) is 0 Å². The van der Waals surface area contributed by atoms with Gasteiger partial charge in [0.25, 0.3) is 5.91 Å². The summed E-state index contributed by atoms with van der Waals surface area (Å²) in [5.41, 5.74) is -0.983. The fourth-order valence-corrected chi connectivity index (χ4v) is 6.67. The van der Waals surface area contributed by atoms with Crippen LogP contribution < -0.4 is 15.8 Å². The Morgan fingerprint density at radius 3 is 2.43 bits per heavy atom. The van der Waals surface area contributed by atoms with Gasteiger partial charge in [0.1, 0.15) is 5.82 Å². The molecule has 1 aromatic heterocycles. The van der Waals surface area contributed by atoms with Crippen LogP contribution in [0.25, 0.3) is 11.1 Å². The number of likely N-dealkylation sites (tertiary alicyclic amines) is 1. The number of amides is 1. The van der Waals surface area contributed by atoms with Crippen LogP contribution in [0.1, 0.15) is 27.9 Å². The number of nitrogens with zero attached hydrogens (tertiary/aromatic N) is 3. The number of hydrogen-bond donors (Lipinski definition) is 2. The highest BCUT2D eigenvalue weighted by atomic mass is 32.2. The van der Waals surface area contributed by atoms with Gasteiger partial charge in [-0.05, 0) is 55.4 Å². The lowest BCUT2D eigenvalue weighted by molar-refractivity contribution is -0.138. The van der Waals surface area contributed by atoms with Crippen molar-refractivity contribution in [3.63, 3.8) is 0 Å². The van der Waals surface area contributed by atoms with Crippen molar-refractivity contribution in [2.45, 2.75) is 24.4 Å². The third-order valence-corrected chi connectivity index (χ3v) is 9.74. The first-order valence-electron chi connectivity index (χ1n) is 14.1. The van der Waals surface area contributed by atoms with Crippen molar-refractivity contribution >= 4 is 27.1 Å². The molecule has 0 saturated carbocycles. The topological polar surface area (TPSA) is 106 Å². The summed E-state index contributed by atoms with van der Waals surface area (Å²) in [7, 11) is -1.20. The monoisotopic (exact) mass is 635 g/mol. The van der Waals surface area contributed by atoms with Gasteiger partial charge in [0, 0.05) is 63.4 Å². The van der Waals surface area contributed by atoms with Gasteiger partial charge < -0.3 is 20.1 Å². The van der Waals surface area contributed by atoms with Crippen LogP contribution in [-0.2, 0) is 22.6 Å². The molecule has 0 spiro atoms. The first-order chi connectivity index (χ1) is 20.7. The van der Waals surface area contributed by atoms with Gasteiger partial charge in [0.05, 0.1) is 27.8 Å². The molecule has 2 aliphatic heterocycles. The average molecular weight is 636 g/mol. The second-order valence-corrected chi connectivity index (χ2v) is 13.7. The minimum Gasteiger partial charge on any atom is -0.367 e. The minimum atomic E-state index is -4.94. The molecule has 2 fully saturated rings. The number of halogens is 4. The number of anilines is 2. The summed E-state index contributed by atoms with van der Waals surface area (Å²) in [6.07, 6.45) is -2.46. The zero-order valence-corrected chi connectivity index (χ0v) is 25.1. The Hall–Kier alpha value is -3.75. The fourth-order valence-electron chi connectivity index (χ4n) is 5.65. The molecular formula is C30H33F4N5O4S. The number of sulfone groups is 1. The molecule has 44 heavy (non-hydrogen) atoms. The Bertz CT molecular complexity index is 1720. The van der Waals surface area contributed by atoms with E-state index in [-0.39, 0.29) is 11.3 Å². The van der Waals surface area contributed by atoms with E-state index in [4.69, 9.17) is 0 Å². The van der Waals surface area contributed by atoms with E-state index in [1.165, 1.54) is 18.4 Å². The molecule has 2 saturated heterocycles. The van der Waals surface area contributed by atoms with Crippen LogP contribution in [0.3, 0.4) is 0 Å². The van der Waals surface area contributed by atoms with Gasteiger partial charge in [-0.15, -0.1) is 0 Å². The zero-order valence-electron chi connectivity index (χ0n) is 24.2. The molecular weight excluding hydrogens is 602 g/mol. The molecule has 236 valence electrons. The van der Waals surface area contributed by atoms with Gasteiger partial charge >= 0.3 is 6.18 Å². The molecule has 0 bridgehead atoms. The number of H-pyrrole nitrogens is 1. The number of piperazine rings is 1. The fraction of sp³-hybridized carbons (Fsp3) is 0.400. The summed E-state index contributed by atoms with van der Waals surface area (Å²) in [5.74, 6) is -1.61. The maximum atomic E-state index is 15.2. The van der Waals surface area contributed by atoms with E-state index in [1.807, 2.05) is 16.8 Å². The van der Waals surface area contributed by atoms with Gasteiger partial charge in [-0.25, -0.2) is 12.8 Å². The molecule has 2 aliphatic rings. The smallest absolute Gasteiger partial charge is 0.367 e. The standard InChI is InChI=1S/C30H33F4N5O4S/c1-37-9-11-39(12-10-37)27-6-4-20(14-26(27)36-29(41)23-16-35-28(40)15-24(23)30(32,33)34)22-13-19(3-5-25(22)31)17-38-8-7-21(18-38)44(2,42)43/h3-6,13-16,21H,7-12,17-18H2,1-2H3,(H,35,40)(H,36,41)/t21-/m1/s1. The predicted molar refractivity (Wildman–Crippen MR) is 160 cm³/mol. The summed E-state index contributed by atoms with van der Waals surface area (Å²) >= 11 is 0. The number of carbonyl (C=O) groups is 1. The van der Waals surface area contributed by atoms with E-state index < -0.39 is 49.7 Å². The molecule has 0 radical (unpaired) electrons. The maximum Gasteiger partial charge on any atom is 0.417 e. The number of pyridine rings is 1. The van der Waals surface area contributed by atoms with E-state index in [9.17, 15) is 31.2 Å². The van der Waals surface area contributed by atoms with Crippen molar-refractivity contribution < 1.29 is 30.8 Å².